The molecule has 1 N–H and O–H groups in total. The van der Waals surface area contributed by atoms with Crippen LogP contribution >= 0.6 is 0 Å². The number of rotatable bonds is 6. The number of nitrogens with zero attached hydrogens (tertiary/aromatic N) is 1. The maximum atomic E-state index is 11.9. The predicted octanol–water partition coefficient (Wildman–Crippen LogP) is 1.79. The number of hydrogen-bond donors (Lipinski definition) is 1. The maximum absolute atomic E-state index is 11.9. The molecule has 1 aromatic carbocycles. The molecule has 1 aliphatic rings. The van der Waals surface area contributed by atoms with Crippen molar-refractivity contribution in [2.24, 2.45) is 0 Å². The number of hydrogen-bond acceptors (Lipinski definition) is 3. The van der Waals surface area contributed by atoms with E-state index >= 15 is 0 Å². The summed E-state index contributed by atoms with van der Waals surface area (Å²) in [5, 5.41) is 9.94. The smallest absolute Gasteiger partial charge is 0.246 e. The highest BCUT2D eigenvalue weighted by Crippen LogP contribution is 2.08. The third-order valence-electron chi connectivity index (χ3n) is 3.60. The summed E-state index contributed by atoms with van der Waals surface area (Å²) in [6, 6.07) is 10.1. The molecule has 0 aliphatic carbocycles. The molecule has 1 aliphatic heterocycles. The number of carbonyl (C=O) groups is 1. The fraction of sp³-hybridized carbons (Fsp3) is 0.471. The van der Waals surface area contributed by atoms with Crippen molar-refractivity contribution in [3.8, 4) is 0 Å². The van der Waals surface area contributed by atoms with Crippen molar-refractivity contribution in [3.63, 3.8) is 0 Å². The fourth-order valence-electron chi connectivity index (χ4n) is 2.31. The van der Waals surface area contributed by atoms with Crippen molar-refractivity contribution in [3.05, 3.63) is 48.0 Å². The average Bonchev–Trinajstić information content (AvgIpc) is 2.54. The van der Waals surface area contributed by atoms with Crippen LogP contribution in [0.2, 0.25) is 0 Å². The Morgan fingerprint density at radius 2 is 2.00 bits per heavy atom. The molecule has 1 saturated heterocycles. The molecule has 21 heavy (non-hydrogen) atoms. The van der Waals surface area contributed by atoms with E-state index in [1.165, 1.54) is 5.56 Å². The van der Waals surface area contributed by atoms with Gasteiger partial charge in [-0.15, -0.1) is 0 Å². The zero-order valence-corrected chi connectivity index (χ0v) is 12.3. The highest BCUT2D eigenvalue weighted by molar-refractivity contribution is 5.87. The second-order valence-electron chi connectivity index (χ2n) is 5.25. The standard InChI is InChI=1S/C17H23NO3/c19-16(10-9-15-5-2-1-3-6-15)7-4-8-17(20)18-11-13-21-14-12-18/h1-6,8,16,19H,7,9-14H2/t16-/m1/s1. The van der Waals surface area contributed by atoms with Crippen LogP contribution in [0.5, 0.6) is 0 Å². The predicted molar refractivity (Wildman–Crippen MR) is 81.9 cm³/mol. The summed E-state index contributed by atoms with van der Waals surface area (Å²) in [5.41, 5.74) is 1.23. The van der Waals surface area contributed by atoms with Gasteiger partial charge in [-0.3, -0.25) is 4.79 Å². The Bertz CT molecular complexity index is 452. The molecule has 1 atom stereocenters. The molecule has 4 nitrogen and oxygen atoms in total. The topological polar surface area (TPSA) is 49.8 Å². The molecule has 0 aromatic heterocycles. The molecule has 1 heterocycles. The summed E-state index contributed by atoms with van der Waals surface area (Å²) in [6.07, 6.45) is 5.01. The van der Waals surface area contributed by atoms with E-state index in [1.54, 1.807) is 17.1 Å². The maximum Gasteiger partial charge on any atom is 0.246 e. The minimum absolute atomic E-state index is 0.00793. The Balaban J connectivity index is 1.66. The van der Waals surface area contributed by atoms with Crippen LogP contribution in [0.25, 0.3) is 0 Å². The third-order valence-corrected chi connectivity index (χ3v) is 3.60. The molecule has 0 radical (unpaired) electrons. The number of aryl methyl sites for hydroxylation is 1. The first-order valence-electron chi connectivity index (χ1n) is 7.51. The third kappa shape index (κ3) is 5.69. The second kappa shape index (κ2) is 8.60. The van der Waals surface area contributed by atoms with Crippen LogP contribution < -0.4 is 0 Å². The largest absolute Gasteiger partial charge is 0.393 e. The molecule has 0 unspecified atom stereocenters. The van der Waals surface area contributed by atoms with E-state index in [2.05, 4.69) is 12.1 Å². The lowest BCUT2D eigenvalue weighted by atomic mass is 10.0. The fourth-order valence-corrected chi connectivity index (χ4v) is 2.31. The Labute approximate surface area is 126 Å². The van der Waals surface area contributed by atoms with E-state index < -0.39 is 6.10 Å². The first-order valence-corrected chi connectivity index (χ1v) is 7.51. The number of carbonyl (C=O) groups excluding carboxylic acids is 1. The summed E-state index contributed by atoms with van der Waals surface area (Å²) < 4.78 is 5.21. The van der Waals surface area contributed by atoms with Gasteiger partial charge in [0, 0.05) is 13.1 Å². The quantitative estimate of drug-likeness (QED) is 0.812. The lowest BCUT2D eigenvalue weighted by Crippen LogP contribution is -2.39. The SMILES string of the molecule is O=C(C=CC[C@@H](O)CCc1ccccc1)N1CCOCC1. The van der Waals surface area contributed by atoms with E-state index in [0.717, 1.165) is 6.42 Å². The van der Waals surface area contributed by atoms with Crippen LogP contribution in [0.3, 0.4) is 0 Å². The van der Waals surface area contributed by atoms with Crippen molar-refractivity contribution >= 4 is 5.91 Å². The first-order chi connectivity index (χ1) is 10.3. The number of amides is 1. The van der Waals surface area contributed by atoms with Crippen LogP contribution in [0.1, 0.15) is 18.4 Å². The molecule has 0 spiro atoms. The summed E-state index contributed by atoms with van der Waals surface area (Å²) in [6.45, 7) is 2.53. The summed E-state index contributed by atoms with van der Waals surface area (Å²) in [7, 11) is 0. The van der Waals surface area contributed by atoms with Crippen LogP contribution in [-0.4, -0.2) is 48.3 Å². The Morgan fingerprint density at radius 3 is 2.71 bits per heavy atom. The van der Waals surface area contributed by atoms with Crippen LogP contribution in [0, 0.1) is 0 Å². The molecule has 114 valence electrons. The van der Waals surface area contributed by atoms with E-state index in [9.17, 15) is 9.90 Å². The molecule has 1 fully saturated rings. The van der Waals surface area contributed by atoms with Gasteiger partial charge in [-0.2, -0.15) is 0 Å². The number of ether oxygens (including phenoxy) is 1. The molecule has 1 amide bonds. The minimum Gasteiger partial charge on any atom is -0.393 e. The van der Waals surface area contributed by atoms with Crippen molar-refractivity contribution in [2.45, 2.75) is 25.4 Å². The van der Waals surface area contributed by atoms with E-state index in [-0.39, 0.29) is 5.91 Å². The van der Waals surface area contributed by atoms with Crippen LogP contribution in [0.4, 0.5) is 0 Å². The lowest BCUT2D eigenvalue weighted by Gasteiger charge is -2.25. The zero-order valence-electron chi connectivity index (χ0n) is 12.3. The van der Waals surface area contributed by atoms with Gasteiger partial charge in [-0.1, -0.05) is 36.4 Å². The normalized spacial score (nSPS) is 17.1. The van der Waals surface area contributed by atoms with E-state index in [0.29, 0.717) is 39.1 Å². The molecule has 1 aromatic rings. The van der Waals surface area contributed by atoms with Gasteiger partial charge in [0.1, 0.15) is 0 Å². The average molecular weight is 289 g/mol. The molecule has 0 saturated carbocycles. The zero-order chi connectivity index (χ0) is 14.9. The Hall–Kier alpha value is -1.65. The van der Waals surface area contributed by atoms with Crippen LogP contribution in [0.15, 0.2) is 42.5 Å². The summed E-state index contributed by atoms with van der Waals surface area (Å²) in [4.78, 5) is 13.6. The molecule has 2 rings (SSSR count). The summed E-state index contributed by atoms with van der Waals surface area (Å²) in [5.74, 6) is 0.00793. The van der Waals surface area contributed by atoms with Gasteiger partial charge in [0.25, 0.3) is 0 Å². The Kier molecular flexibility index (Phi) is 6.44. The lowest BCUT2D eigenvalue weighted by molar-refractivity contribution is -0.129. The van der Waals surface area contributed by atoms with Crippen LogP contribution in [-0.2, 0) is 16.0 Å². The molecule has 0 bridgehead atoms. The Morgan fingerprint density at radius 1 is 1.29 bits per heavy atom. The first kappa shape index (κ1) is 15.7. The monoisotopic (exact) mass is 289 g/mol. The number of aliphatic hydroxyl groups is 1. The molecular formula is C17H23NO3. The van der Waals surface area contributed by atoms with Crippen molar-refractivity contribution in [1.82, 2.24) is 4.90 Å². The summed E-state index contributed by atoms with van der Waals surface area (Å²) >= 11 is 0. The van der Waals surface area contributed by atoms with Crippen molar-refractivity contribution < 1.29 is 14.6 Å². The highest BCUT2D eigenvalue weighted by atomic mass is 16.5. The minimum atomic E-state index is -0.404. The van der Waals surface area contributed by atoms with Crippen molar-refractivity contribution in [1.29, 1.82) is 0 Å². The van der Waals surface area contributed by atoms with Gasteiger partial charge in [0.05, 0.1) is 19.3 Å². The second-order valence-corrected chi connectivity index (χ2v) is 5.25. The number of benzene rings is 1. The van der Waals surface area contributed by atoms with Gasteiger partial charge in [-0.25, -0.2) is 0 Å². The number of morpholine rings is 1. The van der Waals surface area contributed by atoms with Gasteiger partial charge < -0.3 is 14.7 Å². The van der Waals surface area contributed by atoms with Gasteiger partial charge in [0.15, 0.2) is 0 Å². The molecule has 4 heteroatoms. The van der Waals surface area contributed by atoms with E-state index in [4.69, 9.17) is 4.74 Å². The van der Waals surface area contributed by atoms with Crippen molar-refractivity contribution in [2.75, 3.05) is 26.3 Å². The van der Waals surface area contributed by atoms with Gasteiger partial charge in [-0.05, 0) is 30.9 Å². The van der Waals surface area contributed by atoms with E-state index in [1.807, 2.05) is 18.2 Å². The highest BCUT2D eigenvalue weighted by Gasteiger charge is 2.14. The number of aliphatic hydroxyl groups excluding tert-OH is 1. The molecular weight excluding hydrogens is 266 g/mol. The van der Waals surface area contributed by atoms with Gasteiger partial charge in [0.2, 0.25) is 5.91 Å². The van der Waals surface area contributed by atoms with Gasteiger partial charge >= 0.3 is 0 Å².